The zero-order valence-electron chi connectivity index (χ0n) is 8.36. The number of carbonyl (C=O) groups excluding carboxylic acids is 1. The quantitative estimate of drug-likeness (QED) is 0.423. The van der Waals surface area contributed by atoms with Crippen molar-refractivity contribution in [3.63, 3.8) is 0 Å². The van der Waals surface area contributed by atoms with Crippen LogP contribution in [0.3, 0.4) is 0 Å². The molecule has 5 heteroatoms. The molecule has 0 amide bonds. The third-order valence-corrected chi connectivity index (χ3v) is 2.01. The van der Waals surface area contributed by atoms with Crippen molar-refractivity contribution in [2.45, 2.75) is 38.9 Å². The van der Waals surface area contributed by atoms with Crippen LogP contribution in [-0.4, -0.2) is 28.4 Å². The number of carboxylic acids is 1. The molecule has 0 unspecified atom stereocenters. The van der Waals surface area contributed by atoms with Gasteiger partial charge >= 0.3 is 18.9 Å². The van der Waals surface area contributed by atoms with Crippen molar-refractivity contribution in [2.24, 2.45) is 5.92 Å². The average molecular weight is 182 g/mol. The maximum absolute atomic E-state index is 10.1. The molecule has 0 bridgehead atoms. The molecular formula is C8H15LiO4. The van der Waals surface area contributed by atoms with Gasteiger partial charge in [-0.05, 0) is 6.42 Å². The van der Waals surface area contributed by atoms with Crippen LogP contribution in [0.25, 0.3) is 0 Å². The van der Waals surface area contributed by atoms with E-state index in [-0.39, 0.29) is 18.9 Å². The Morgan fingerprint density at radius 3 is 2.15 bits per heavy atom. The summed E-state index contributed by atoms with van der Waals surface area (Å²) in [4.78, 5) is 10.1. The summed E-state index contributed by atoms with van der Waals surface area (Å²) in [5, 5.41) is 28.5. The Morgan fingerprint density at radius 1 is 1.38 bits per heavy atom. The summed E-state index contributed by atoms with van der Waals surface area (Å²) in [7, 11) is 0. The minimum Gasteiger partial charge on any atom is -0.550 e. The molecule has 0 spiro atoms. The summed E-state index contributed by atoms with van der Waals surface area (Å²) in [6.45, 7) is 3.38. The van der Waals surface area contributed by atoms with Gasteiger partial charge in [0.05, 0.1) is 12.2 Å². The molecule has 4 nitrogen and oxygen atoms in total. The third kappa shape index (κ3) is 6.11. The number of aliphatic hydroxyl groups excluding tert-OH is 2. The zero-order valence-corrected chi connectivity index (χ0v) is 8.36. The Labute approximate surface area is 90.1 Å². The van der Waals surface area contributed by atoms with Gasteiger partial charge in [0.15, 0.2) is 0 Å². The summed E-state index contributed by atoms with van der Waals surface area (Å²) in [5.74, 6) is -1.72. The Balaban J connectivity index is 0. The first-order valence-electron chi connectivity index (χ1n) is 4.05. The summed E-state index contributed by atoms with van der Waals surface area (Å²) in [6, 6.07) is 0. The van der Waals surface area contributed by atoms with Crippen molar-refractivity contribution in [1.29, 1.82) is 0 Å². The van der Waals surface area contributed by atoms with Gasteiger partial charge in [-0.15, -0.1) is 0 Å². The van der Waals surface area contributed by atoms with Crippen LogP contribution in [-0.2, 0) is 4.79 Å². The second kappa shape index (κ2) is 7.40. The number of hydrogen-bond donors (Lipinski definition) is 2. The number of carbonyl (C=O) groups is 1. The number of aliphatic hydroxyl groups is 2. The number of carboxylic acid groups (broad SMARTS) is 1. The summed E-state index contributed by atoms with van der Waals surface area (Å²) < 4.78 is 0. The van der Waals surface area contributed by atoms with E-state index in [2.05, 4.69) is 0 Å². The molecule has 0 radical (unpaired) electrons. The molecule has 13 heavy (non-hydrogen) atoms. The van der Waals surface area contributed by atoms with Crippen molar-refractivity contribution in [2.75, 3.05) is 0 Å². The first kappa shape index (κ1) is 15.5. The standard InChI is InChI=1S/C8H16O4.Li/c1-3-6(9)5(2)7(10)4-8(11)12;/h5-7,9-10H,3-4H2,1-2H3,(H,11,12);/q;+1/p-1/t5-,6-,7-;/m1./s1. The number of aliphatic carboxylic acids is 1. The van der Waals surface area contributed by atoms with Gasteiger partial charge in [-0.1, -0.05) is 13.8 Å². The van der Waals surface area contributed by atoms with Gasteiger partial charge < -0.3 is 20.1 Å². The van der Waals surface area contributed by atoms with E-state index in [9.17, 15) is 20.1 Å². The van der Waals surface area contributed by atoms with Crippen LogP contribution >= 0.6 is 0 Å². The maximum Gasteiger partial charge on any atom is 1.00 e. The Morgan fingerprint density at radius 2 is 1.85 bits per heavy atom. The van der Waals surface area contributed by atoms with E-state index < -0.39 is 30.5 Å². The molecule has 0 saturated heterocycles. The van der Waals surface area contributed by atoms with Crippen LogP contribution in [0.5, 0.6) is 0 Å². The van der Waals surface area contributed by atoms with Gasteiger partial charge in [-0.2, -0.15) is 0 Å². The van der Waals surface area contributed by atoms with E-state index in [1.807, 2.05) is 0 Å². The van der Waals surface area contributed by atoms with Crippen LogP contribution < -0.4 is 24.0 Å². The molecule has 0 aromatic heterocycles. The van der Waals surface area contributed by atoms with E-state index >= 15 is 0 Å². The van der Waals surface area contributed by atoms with Gasteiger partial charge in [0.25, 0.3) is 0 Å². The molecule has 3 atom stereocenters. The van der Waals surface area contributed by atoms with Crippen LogP contribution in [0.4, 0.5) is 0 Å². The number of hydrogen-bond acceptors (Lipinski definition) is 4. The second-order valence-electron chi connectivity index (χ2n) is 2.98. The minimum absolute atomic E-state index is 0. The van der Waals surface area contributed by atoms with Crippen molar-refractivity contribution >= 4 is 5.97 Å². The monoisotopic (exact) mass is 182 g/mol. The fraction of sp³-hybridized carbons (Fsp3) is 0.875. The molecule has 2 N–H and O–H groups in total. The van der Waals surface area contributed by atoms with Crippen molar-refractivity contribution in [1.82, 2.24) is 0 Å². The fourth-order valence-electron chi connectivity index (χ4n) is 0.985. The van der Waals surface area contributed by atoms with E-state index in [1.165, 1.54) is 0 Å². The van der Waals surface area contributed by atoms with Gasteiger partial charge in [0, 0.05) is 18.3 Å². The molecular weight excluding hydrogens is 167 g/mol. The van der Waals surface area contributed by atoms with Crippen molar-refractivity contribution in [3.05, 3.63) is 0 Å². The van der Waals surface area contributed by atoms with Crippen molar-refractivity contribution in [3.8, 4) is 0 Å². The molecule has 0 fully saturated rings. The molecule has 0 rings (SSSR count). The molecule has 0 aliphatic heterocycles. The van der Waals surface area contributed by atoms with E-state index in [0.29, 0.717) is 6.42 Å². The molecule has 0 aliphatic carbocycles. The summed E-state index contributed by atoms with van der Waals surface area (Å²) in [5.41, 5.74) is 0. The largest absolute Gasteiger partial charge is 1.00 e. The first-order valence-corrected chi connectivity index (χ1v) is 4.05. The Kier molecular flexibility index (Phi) is 8.80. The normalized spacial score (nSPS) is 16.9. The van der Waals surface area contributed by atoms with E-state index in [4.69, 9.17) is 0 Å². The van der Waals surface area contributed by atoms with Gasteiger partial charge in [0.1, 0.15) is 0 Å². The van der Waals surface area contributed by atoms with Crippen LogP contribution in [0, 0.1) is 5.92 Å². The Hall–Kier alpha value is -0.0126. The van der Waals surface area contributed by atoms with Gasteiger partial charge in [0.2, 0.25) is 0 Å². The predicted molar refractivity (Wildman–Crippen MR) is 41.1 cm³/mol. The topological polar surface area (TPSA) is 80.6 Å². The molecule has 0 aromatic carbocycles. The minimum atomic E-state index is -1.29. The molecule has 0 heterocycles. The Bertz CT molecular complexity index is 151. The number of rotatable bonds is 5. The van der Waals surface area contributed by atoms with Gasteiger partial charge in [-0.3, -0.25) is 0 Å². The van der Waals surface area contributed by atoms with E-state index in [0.717, 1.165) is 0 Å². The predicted octanol–water partition coefficient (Wildman–Crippen LogP) is -4.10. The molecule has 0 aliphatic rings. The average Bonchev–Trinajstić information content (AvgIpc) is 2.00. The SMILES string of the molecule is CC[C@@H](O)[C@@H](C)[C@H](O)CC(=O)[O-].[Li+]. The second-order valence-corrected chi connectivity index (χ2v) is 2.98. The first-order chi connectivity index (χ1) is 5.49. The molecule has 72 valence electrons. The van der Waals surface area contributed by atoms with Gasteiger partial charge in [-0.25, -0.2) is 0 Å². The summed E-state index contributed by atoms with van der Waals surface area (Å²) in [6.07, 6.45) is -1.59. The maximum atomic E-state index is 10.1. The third-order valence-electron chi connectivity index (χ3n) is 2.01. The summed E-state index contributed by atoms with van der Waals surface area (Å²) >= 11 is 0. The van der Waals surface area contributed by atoms with Crippen LogP contribution in [0.1, 0.15) is 26.7 Å². The fourth-order valence-corrected chi connectivity index (χ4v) is 0.985. The molecule has 0 saturated carbocycles. The van der Waals surface area contributed by atoms with Crippen LogP contribution in [0.2, 0.25) is 0 Å². The van der Waals surface area contributed by atoms with E-state index in [1.54, 1.807) is 13.8 Å². The zero-order chi connectivity index (χ0) is 9.72. The molecule has 0 aromatic rings. The van der Waals surface area contributed by atoms with Crippen LogP contribution in [0.15, 0.2) is 0 Å². The van der Waals surface area contributed by atoms with Crippen molar-refractivity contribution < 1.29 is 39.0 Å². The smallest absolute Gasteiger partial charge is 0.550 e.